The Labute approximate surface area is 192 Å². The van der Waals surface area contributed by atoms with Crippen molar-refractivity contribution in [1.82, 2.24) is 20.6 Å². The predicted molar refractivity (Wildman–Crippen MR) is 124 cm³/mol. The maximum Gasteiger partial charge on any atom is 0.314 e. The number of primary amides is 1. The largest absolute Gasteiger partial charge is 0.364 e. The van der Waals surface area contributed by atoms with Gasteiger partial charge in [-0.2, -0.15) is 5.26 Å². The number of nitrogens with two attached hydrogens (primary N) is 1. The molecule has 2 heterocycles. The average molecular weight is 449 g/mol. The summed E-state index contributed by atoms with van der Waals surface area (Å²) in [5.41, 5.74) is 6.93. The van der Waals surface area contributed by atoms with Crippen molar-refractivity contribution in [2.45, 2.75) is 50.1 Å². The topological polar surface area (TPSA) is 149 Å². The summed E-state index contributed by atoms with van der Waals surface area (Å²) in [6.45, 7) is 2.78. The number of urea groups is 1. The van der Waals surface area contributed by atoms with Crippen LogP contribution in [0.3, 0.4) is 0 Å². The lowest BCUT2D eigenvalue weighted by atomic mass is 9.97. The number of piperidine rings is 1. The third-order valence-electron chi connectivity index (χ3n) is 6.48. The van der Waals surface area contributed by atoms with Crippen LogP contribution in [0.2, 0.25) is 0 Å². The highest BCUT2D eigenvalue weighted by Crippen LogP contribution is 2.47. The first-order chi connectivity index (χ1) is 15.9. The first-order valence-electron chi connectivity index (χ1n) is 11.1. The van der Waals surface area contributed by atoms with Crippen LogP contribution in [0.5, 0.6) is 0 Å². The summed E-state index contributed by atoms with van der Waals surface area (Å²) in [4.78, 5) is 34.8. The van der Waals surface area contributed by atoms with Gasteiger partial charge in [0.05, 0.1) is 23.7 Å². The van der Waals surface area contributed by atoms with Crippen LogP contribution in [0.15, 0.2) is 30.5 Å². The monoisotopic (exact) mass is 448 g/mol. The molecule has 0 bridgehead atoms. The summed E-state index contributed by atoms with van der Waals surface area (Å²) >= 11 is 0. The lowest BCUT2D eigenvalue weighted by Crippen LogP contribution is -2.55. The minimum atomic E-state index is -0.680. The van der Waals surface area contributed by atoms with Gasteiger partial charge in [0.1, 0.15) is 5.82 Å². The van der Waals surface area contributed by atoms with Gasteiger partial charge in [-0.05, 0) is 50.3 Å². The van der Waals surface area contributed by atoms with Crippen LogP contribution in [0.1, 0.15) is 48.7 Å². The Morgan fingerprint density at radius 1 is 1.27 bits per heavy atom. The SMILES string of the molecule is CNC(=O)NC1CCCN(c2cnc(C(N)=O)c(Nc3ccc(C4(C#N)CC4)cc3)n2)C1C. The lowest BCUT2D eigenvalue weighted by Gasteiger charge is -2.40. The molecule has 1 aliphatic heterocycles. The van der Waals surface area contributed by atoms with Crippen LogP contribution >= 0.6 is 0 Å². The quantitative estimate of drug-likeness (QED) is 0.529. The molecular formula is C23H28N8O2. The number of hydrogen-bond donors (Lipinski definition) is 4. The van der Waals surface area contributed by atoms with Crippen LogP contribution in [0, 0.1) is 11.3 Å². The Morgan fingerprint density at radius 2 is 2.00 bits per heavy atom. The molecule has 2 aliphatic rings. The second kappa shape index (κ2) is 8.94. The fraction of sp³-hybridized carbons (Fsp3) is 0.435. The van der Waals surface area contributed by atoms with Crippen LogP contribution in [0.25, 0.3) is 0 Å². The lowest BCUT2D eigenvalue weighted by molar-refractivity contribution is 0.0996. The number of amides is 3. The fourth-order valence-corrected chi connectivity index (χ4v) is 4.29. The summed E-state index contributed by atoms with van der Waals surface area (Å²) in [6, 6.07) is 9.66. The van der Waals surface area contributed by atoms with Crippen molar-refractivity contribution >= 4 is 29.3 Å². The van der Waals surface area contributed by atoms with E-state index in [9.17, 15) is 14.9 Å². The van der Waals surface area contributed by atoms with Gasteiger partial charge in [-0.25, -0.2) is 14.8 Å². The second-order valence-corrected chi connectivity index (χ2v) is 8.59. The highest BCUT2D eigenvalue weighted by atomic mass is 16.2. The minimum absolute atomic E-state index is 0.0161. The fourth-order valence-electron chi connectivity index (χ4n) is 4.29. The van der Waals surface area contributed by atoms with E-state index in [4.69, 9.17) is 5.73 Å². The Bertz CT molecular complexity index is 1090. The Balaban J connectivity index is 1.58. The average Bonchev–Trinajstić information content (AvgIpc) is 3.62. The van der Waals surface area contributed by atoms with Gasteiger partial charge in [0.25, 0.3) is 5.91 Å². The highest BCUT2D eigenvalue weighted by molar-refractivity contribution is 5.96. The van der Waals surface area contributed by atoms with E-state index in [-0.39, 0.29) is 35.0 Å². The van der Waals surface area contributed by atoms with E-state index < -0.39 is 5.91 Å². The van der Waals surface area contributed by atoms with Crippen molar-refractivity contribution in [3.8, 4) is 6.07 Å². The molecule has 2 unspecified atom stereocenters. The molecule has 2 atom stereocenters. The first-order valence-corrected chi connectivity index (χ1v) is 11.1. The molecule has 0 radical (unpaired) electrons. The van der Waals surface area contributed by atoms with E-state index in [1.54, 1.807) is 7.05 Å². The van der Waals surface area contributed by atoms with Crippen molar-refractivity contribution in [3.05, 3.63) is 41.7 Å². The van der Waals surface area contributed by atoms with Crippen LogP contribution in [0.4, 0.5) is 22.1 Å². The van der Waals surface area contributed by atoms with Crippen molar-refractivity contribution in [2.75, 3.05) is 23.8 Å². The zero-order chi connectivity index (χ0) is 23.6. The third-order valence-corrected chi connectivity index (χ3v) is 6.48. The summed E-state index contributed by atoms with van der Waals surface area (Å²) < 4.78 is 0. The van der Waals surface area contributed by atoms with Gasteiger partial charge in [-0.3, -0.25) is 4.79 Å². The van der Waals surface area contributed by atoms with Crippen LogP contribution in [-0.2, 0) is 5.41 Å². The molecular weight excluding hydrogens is 420 g/mol. The molecule has 2 aromatic rings. The predicted octanol–water partition coefficient (Wildman–Crippen LogP) is 2.16. The summed E-state index contributed by atoms with van der Waals surface area (Å²) in [6.07, 6.45) is 5.03. The maximum absolute atomic E-state index is 12.0. The molecule has 1 saturated heterocycles. The van der Waals surface area contributed by atoms with Crippen LogP contribution in [-0.4, -0.2) is 47.6 Å². The van der Waals surface area contributed by atoms with Gasteiger partial charge in [-0.1, -0.05) is 12.1 Å². The Morgan fingerprint density at radius 3 is 2.61 bits per heavy atom. The van der Waals surface area contributed by atoms with Gasteiger partial charge in [0, 0.05) is 25.3 Å². The number of carbonyl (C=O) groups is 2. The number of nitrogens with one attached hydrogen (secondary N) is 3. The molecule has 4 rings (SSSR count). The molecule has 10 nitrogen and oxygen atoms in total. The normalized spacial score (nSPS) is 20.9. The molecule has 1 aromatic heterocycles. The second-order valence-electron chi connectivity index (χ2n) is 8.59. The van der Waals surface area contributed by atoms with E-state index in [0.29, 0.717) is 11.5 Å². The summed E-state index contributed by atoms with van der Waals surface area (Å²) in [7, 11) is 1.59. The maximum atomic E-state index is 12.0. The number of carbonyl (C=O) groups excluding carboxylic acids is 2. The molecule has 1 aliphatic carbocycles. The van der Waals surface area contributed by atoms with Gasteiger partial charge in [0.2, 0.25) is 0 Å². The van der Waals surface area contributed by atoms with Gasteiger partial charge in [0.15, 0.2) is 11.5 Å². The molecule has 172 valence electrons. The Kier molecular flexibility index (Phi) is 6.05. The number of anilines is 3. The van der Waals surface area contributed by atoms with Crippen molar-refractivity contribution < 1.29 is 9.59 Å². The smallest absolute Gasteiger partial charge is 0.314 e. The number of nitrogens with zero attached hydrogens (tertiary/aromatic N) is 4. The van der Waals surface area contributed by atoms with E-state index in [0.717, 1.165) is 37.8 Å². The van der Waals surface area contributed by atoms with Crippen molar-refractivity contribution in [1.29, 1.82) is 5.26 Å². The van der Waals surface area contributed by atoms with E-state index in [2.05, 4.69) is 36.9 Å². The molecule has 1 saturated carbocycles. The first kappa shape index (κ1) is 22.3. The van der Waals surface area contributed by atoms with Crippen molar-refractivity contribution in [2.24, 2.45) is 5.73 Å². The number of aromatic nitrogens is 2. The van der Waals surface area contributed by atoms with Gasteiger partial charge >= 0.3 is 6.03 Å². The Hall–Kier alpha value is -3.87. The molecule has 5 N–H and O–H groups in total. The van der Waals surface area contributed by atoms with Crippen molar-refractivity contribution in [3.63, 3.8) is 0 Å². The molecule has 33 heavy (non-hydrogen) atoms. The number of hydrogen-bond acceptors (Lipinski definition) is 7. The molecule has 3 amide bonds. The molecule has 0 spiro atoms. The molecule has 1 aromatic carbocycles. The van der Waals surface area contributed by atoms with Gasteiger partial charge < -0.3 is 26.6 Å². The third kappa shape index (κ3) is 4.53. The van der Waals surface area contributed by atoms with E-state index in [1.807, 2.05) is 31.2 Å². The molecule has 10 heteroatoms. The zero-order valence-corrected chi connectivity index (χ0v) is 18.8. The molecule has 2 fully saturated rings. The summed E-state index contributed by atoms with van der Waals surface area (Å²) in [5, 5.41) is 18.1. The number of benzene rings is 1. The van der Waals surface area contributed by atoms with Crippen LogP contribution < -0.4 is 26.6 Å². The standard InChI is InChI=1S/C23H28N8O2/c1-14-17(29-22(33)26-2)4-3-11-31(14)18-12-27-19(20(25)32)21(30-18)28-16-7-5-15(6-8-16)23(13-24)9-10-23/h5-8,12,14,17H,3-4,9-11H2,1-2H3,(H2,25,32)(H,28,30)(H2,26,29,33). The highest BCUT2D eigenvalue weighted by Gasteiger charge is 2.44. The summed E-state index contributed by atoms with van der Waals surface area (Å²) in [5.74, 6) is 0.180. The minimum Gasteiger partial charge on any atom is -0.364 e. The van der Waals surface area contributed by atoms with E-state index >= 15 is 0 Å². The number of rotatable bonds is 6. The number of nitriles is 1. The van der Waals surface area contributed by atoms with Gasteiger partial charge in [-0.15, -0.1) is 0 Å². The zero-order valence-electron chi connectivity index (χ0n) is 18.8. The van der Waals surface area contributed by atoms with E-state index in [1.165, 1.54) is 6.20 Å².